The summed E-state index contributed by atoms with van der Waals surface area (Å²) in [6.07, 6.45) is -1.46. The van der Waals surface area contributed by atoms with Crippen molar-refractivity contribution in [2.75, 3.05) is 19.7 Å². The molecule has 1 amide bonds. The summed E-state index contributed by atoms with van der Waals surface area (Å²) in [6, 6.07) is 4.95. The normalized spacial score (nSPS) is 16.2. The summed E-state index contributed by atoms with van der Waals surface area (Å²) in [7, 11) is -1.27. The molecule has 1 aromatic carbocycles. The van der Waals surface area contributed by atoms with Gasteiger partial charge in [-0.25, -0.2) is 4.79 Å². The molecule has 0 radical (unpaired) electrons. The van der Waals surface area contributed by atoms with Crippen LogP contribution in [-0.2, 0) is 4.65 Å². The molecule has 1 aromatic rings. The number of carbonyl (C=O) groups is 1. The Bertz CT molecular complexity index is 568. The first-order valence-electron chi connectivity index (χ1n) is 6.66. The third-order valence-corrected chi connectivity index (χ3v) is 3.16. The molecule has 0 saturated carbocycles. The van der Waals surface area contributed by atoms with Crippen LogP contribution in [0.3, 0.4) is 0 Å². The Hall–Kier alpha value is -2.33. The Morgan fingerprint density at radius 2 is 2.32 bits per heavy atom. The maximum Gasteiger partial charge on any atom is 0.496 e. The van der Waals surface area contributed by atoms with E-state index in [-0.39, 0.29) is 13.2 Å². The van der Waals surface area contributed by atoms with Gasteiger partial charge in [-0.15, -0.1) is 0 Å². The van der Waals surface area contributed by atoms with Crippen LogP contribution in [0.4, 0.5) is 4.79 Å². The highest BCUT2D eigenvalue weighted by Gasteiger charge is 2.40. The standard InChI is InChI=1S/C12H15BN2O7/c16-12(17)14-5-2-6-21-9-4-1-3-8-10(7-15(19)20)22-13(18)11(8)9/h1,3-4,10,14,18H,2,5-7H2,(H,16,17). The maximum absolute atomic E-state index is 10.6. The van der Waals surface area contributed by atoms with Crippen LogP contribution in [0.1, 0.15) is 18.1 Å². The van der Waals surface area contributed by atoms with Gasteiger partial charge in [-0.05, 0) is 18.1 Å². The summed E-state index contributed by atoms with van der Waals surface area (Å²) in [4.78, 5) is 20.4. The van der Waals surface area contributed by atoms with E-state index in [0.717, 1.165) is 0 Å². The number of amides is 1. The minimum atomic E-state index is -1.27. The predicted octanol–water partition coefficient (Wildman–Crippen LogP) is -0.241. The minimum absolute atomic E-state index is 0.239. The fourth-order valence-corrected chi connectivity index (χ4v) is 2.26. The quantitative estimate of drug-likeness (QED) is 0.274. The highest BCUT2D eigenvalue weighted by atomic mass is 16.6. The lowest BCUT2D eigenvalue weighted by molar-refractivity contribution is -0.490. The van der Waals surface area contributed by atoms with Crippen molar-refractivity contribution in [3.05, 3.63) is 33.9 Å². The molecule has 1 heterocycles. The summed E-state index contributed by atoms with van der Waals surface area (Å²) in [5, 5.41) is 31.2. The summed E-state index contributed by atoms with van der Waals surface area (Å²) >= 11 is 0. The number of nitro groups is 1. The van der Waals surface area contributed by atoms with E-state index in [2.05, 4.69) is 5.32 Å². The Balaban J connectivity index is 2.00. The van der Waals surface area contributed by atoms with E-state index in [1.165, 1.54) is 0 Å². The zero-order valence-electron chi connectivity index (χ0n) is 11.6. The Kier molecular flexibility index (Phi) is 5.18. The number of benzene rings is 1. The van der Waals surface area contributed by atoms with Gasteiger partial charge in [0, 0.05) is 16.9 Å². The van der Waals surface area contributed by atoms with Crippen LogP contribution >= 0.6 is 0 Å². The number of fused-ring (bicyclic) bond motifs is 1. The molecule has 0 aromatic heterocycles. The Morgan fingerprint density at radius 1 is 1.55 bits per heavy atom. The van der Waals surface area contributed by atoms with E-state index in [4.69, 9.17) is 14.5 Å². The number of rotatable bonds is 7. The molecule has 0 bridgehead atoms. The molecule has 2 rings (SSSR count). The van der Waals surface area contributed by atoms with Crippen molar-refractivity contribution in [1.82, 2.24) is 5.32 Å². The van der Waals surface area contributed by atoms with Gasteiger partial charge in [0.25, 0.3) is 0 Å². The number of carboxylic acid groups (broad SMARTS) is 1. The van der Waals surface area contributed by atoms with Crippen molar-refractivity contribution in [3.8, 4) is 5.75 Å². The molecule has 9 nitrogen and oxygen atoms in total. The van der Waals surface area contributed by atoms with E-state index in [9.17, 15) is 19.9 Å². The number of nitrogens with zero attached hydrogens (tertiary/aromatic N) is 1. The van der Waals surface area contributed by atoms with Crippen molar-refractivity contribution < 1.29 is 29.2 Å². The van der Waals surface area contributed by atoms with Crippen molar-refractivity contribution in [1.29, 1.82) is 0 Å². The summed E-state index contributed by atoms with van der Waals surface area (Å²) in [5.41, 5.74) is 0.922. The van der Waals surface area contributed by atoms with Crippen molar-refractivity contribution in [2.24, 2.45) is 0 Å². The third-order valence-electron chi connectivity index (χ3n) is 3.16. The lowest BCUT2D eigenvalue weighted by atomic mass is 9.78. The second-order valence-electron chi connectivity index (χ2n) is 4.69. The zero-order chi connectivity index (χ0) is 16.1. The number of hydrogen-bond acceptors (Lipinski definition) is 6. The average molecular weight is 310 g/mol. The average Bonchev–Trinajstić information content (AvgIpc) is 2.75. The SMILES string of the molecule is O=C(O)NCCCOc1cccc2c1B(O)OC2C[N+](=O)[O-]. The van der Waals surface area contributed by atoms with Gasteiger partial charge in [0.15, 0.2) is 0 Å². The van der Waals surface area contributed by atoms with Gasteiger partial charge >= 0.3 is 13.2 Å². The largest absolute Gasteiger partial charge is 0.496 e. The molecule has 0 fully saturated rings. The van der Waals surface area contributed by atoms with Gasteiger partial charge in [0.1, 0.15) is 11.9 Å². The molecule has 1 aliphatic heterocycles. The maximum atomic E-state index is 10.6. The molecule has 0 aliphatic carbocycles. The Morgan fingerprint density at radius 3 is 3.00 bits per heavy atom. The molecule has 10 heteroatoms. The topological polar surface area (TPSA) is 131 Å². The van der Waals surface area contributed by atoms with Crippen LogP contribution in [0.25, 0.3) is 0 Å². The molecular weight excluding hydrogens is 295 g/mol. The summed E-state index contributed by atoms with van der Waals surface area (Å²) in [6.45, 7) is 0.0484. The predicted molar refractivity (Wildman–Crippen MR) is 75.9 cm³/mol. The van der Waals surface area contributed by atoms with E-state index in [0.29, 0.717) is 23.2 Å². The smallest absolute Gasteiger partial charge is 0.494 e. The van der Waals surface area contributed by atoms with Gasteiger partial charge in [0.05, 0.1) is 6.61 Å². The van der Waals surface area contributed by atoms with E-state index < -0.39 is 30.8 Å². The van der Waals surface area contributed by atoms with Crippen LogP contribution < -0.4 is 15.5 Å². The lowest BCUT2D eigenvalue weighted by Gasteiger charge is -2.11. The van der Waals surface area contributed by atoms with E-state index >= 15 is 0 Å². The first-order valence-corrected chi connectivity index (χ1v) is 6.66. The molecule has 22 heavy (non-hydrogen) atoms. The highest BCUT2D eigenvalue weighted by Crippen LogP contribution is 2.27. The van der Waals surface area contributed by atoms with Gasteiger partial charge in [-0.1, -0.05) is 12.1 Å². The fraction of sp³-hybridized carbons (Fsp3) is 0.417. The van der Waals surface area contributed by atoms with Gasteiger partial charge < -0.3 is 24.8 Å². The van der Waals surface area contributed by atoms with Crippen LogP contribution in [-0.4, -0.2) is 48.0 Å². The lowest BCUT2D eigenvalue weighted by Crippen LogP contribution is -2.30. The highest BCUT2D eigenvalue weighted by molar-refractivity contribution is 6.62. The van der Waals surface area contributed by atoms with Gasteiger partial charge in [0.2, 0.25) is 6.54 Å². The van der Waals surface area contributed by atoms with Crippen molar-refractivity contribution >= 4 is 18.7 Å². The first-order chi connectivity index (χ1) is 10.5. The minimum Gasteiger partial charge on any atom is -0.494 e. The van der Waals surface area contributed by atoms with Crippen LogP contribution in [0.15, 0.2) is 18.2 Å². The molecule has 3 N–H and O–H groups in total. The summed E-state index contributed by atoms with van der Waals surface area (Å²) < 4.78 is 10.7. The second-order valence-corrected chi connectivity index (χ2v) is 4.69. The molecule has 1 aliphatic rings. The van der Waals surface area contributed by atoms with Crippen molar-refractivity contribution in [3.63, 3.8) is 0 Å². The van der Waals surface area contributed by atoms with Gasteiger partial charge in [-0.2, -0.15) is 0 Å². The van der Waals surface area contributed by atoms with Crippen LogP contribution in [0.2, 0.25) is 0 Å². The van der Waals surface area contributed by atoms with Crippen molar-refractivity contribution in [2.45, 2.75) is 12.5 Å². The number of ether oxygens (including phenoxy) is 1. The summed E-state index contributed by atoms with van der Waals surface area (Å²) in [5.74, 6) is 0.381. The Labute approximate surface area is 126 Å². The molecule has 118 valence electrons. The zero-order valence-corrected chi connectivity index (χ0v) is 11.6. The van der Waals surface area contributed by atoms with E-state index in [1.807, 2.05) is 0 Å². The molecule has 1 unspecified atom stereocenters. The molecule has 0 saturated heterocycles. The number of hydrogen-bond donors (Lipinski definition) is 3. The molecule has 0 spiro atoms. The third kappa shape index (κ3) is 3.86. The first kappa shape index (κ1) is 16.1. The second kappa shape index (κ2) is 7.10. The van der Waals surface area contributed by atoms with Crippen LogP contribution in [0, 0.1) is 10.1 Å². The van der Waals surface area contributed by atoms with Crippen LogP contribution in [0.5, 0.6) is 5.75 Å². The molecular formula is C12H15BN2O7. The fourth-order valence-electron chi connectivity index (χ4n) is 2.26. The monoisotopic (exact) mass is 310 g/mol. The number of nitrogens with one attached hydrogen (secondary N) is 1. The molecule has 1 atom stereocenters. The van der Waals surface area contributed by atoms with E-state index in [1.54, 1.807) is 18.2 Å². The van der Waals surface area contributed by atoms with Gasteiger partial charge in [-0.3, -0.25) is 10.1 Å².